The highest BCUT2D eigenvalue weighted by Crippen LogP contribution is 2.29. The van der Waals surface area contributed by atoms with E-state index in [2.05, 4.69) is 14.9 Å². The maximum absolute atomic E-state index is 12.7. The van der Waals surface area contributed by atoms with Crippen LogP contribution in [0.3, 0.4) is 0 Å². The Kier molecular flexibility index (Phi) is 6.70. The van der Waals surface area contributed by atoms with Crippen molar-refractivity contribution in [3.8, 4) is 5.75 Å². The van der Waals surface area contributed by atoms with Crippen LogP contribution in [0.25, 0.3) is 10.9 Å². The van der Waals surface area contributed by atoms with E-state index in [1.807, 2.05) is 12.1 Å². The van der Waals surface area contributed by atoms with Crippen molar-refractivity contribution in [3.63, 3.8) is 0 Å². The predicted octanol–water partition coefficient (Wildman–Crippen LogP) is 3.19. The Morgan fingerprint density at radius 1 is 1.06 bits per heavy atom. The molecule has 0 spiro atoms. The van der Waals surface area contributed by atoms with Gasteiger partial charge in [-0.25, -0.2) is 9.78 Å². The molecule has 9 heteroatoms. The number of hydrogen-bond acceptors (Lipinski definition) is 7. The third-order valence-electron chi connectivity index (χ3n) is 5.25. The maximum atomic E-state index is 12.7. The SMILES string of the molecule is CCOC(=O)c1ccc(N2CCN(C(=O)COc3ccc(Cl)c4cccnc34)CC2)nc1. The molecule has 1 amide bonds. The summed E-state index contributed by atoms with van der Waals surface area (Å²) in [4.78, 5) is 37.0. The Morgan fingerprint density at radius 3 is 2.59 bits per heavy atom. The zero-order chi connectivity index (χ0) is 22.5. The highest BCUT2D eigenvalue weighted by molar-refractivity contribution is 6.35. The number of halogens is 1. The van der Waals surface area contributed by atoms with Crippen molar-refractivity contribution < 1.29 is 19.1 Å². The van der Waals surface area contributed by atoms with E-state index in [9.17, 15) is 9.59 Å². The van der Waals surface area contributed by atoms with Gasteiger partial charge in [0.05, 0.1) is 17.2 Å². The smallest absolute Gasteiger partial charge is 0.339 e. The number of aromatic nitrogens is 2. The summed E-state index contributed by atoms with van der Waals surface area (Å²) in [5.74, 6) is 0.822. The molecule has 0 unspecified atom stereocenters. The number of benzene rings is 1. The number of piperazine rings is 1. The maximum Gasteiger partial charge on any atom is 0.339 e. The average molecular weight is 455 g/mol. The molecule has 0 radical (unpaired) electrons. The minimum atomic E-state index is -0.384. The van der Waals surface area contributed by atoms with Gasteiger partial charge in [0.1, 0.15) is 17.1 Å². The second-order valence-electron chi connectivity index (χ2n) is 7.23. The first-order chi connectivity index (χ1) is 15.6. The molecule has 1 fully saturated rings. The van der Waals surface area contributed by atoms with Crippen LogP contribution in [0.1, 0.15) is 17.3 Å². The zero-order valence-electron chi connectivity index (χ0n) is 17.7. The molecule has 0 bridgehead atoms. The third kappa shape index (κ3) is 4.75. The van der Waals surface area contributed by atoms with Crippen molar-refractivity contribution >= 4 is 40.2 Å². The van der Waals surface area contributed by atoms with Crippen molar-refractivity contribution in [1.82, 2.24) is 14.9 Å². The van der Waals surface area contributed by atoms with Gasteiger partial charge >= 0.3 is 5.97 Å². The van der Waals surface area contributed by atoms with Gasteiger partial charge < -0.3 is 19.3 Å². The van der Waals surface area contributed by atoms with E-state index in [0.29, 0.717) is 54.6 Å². The highest BCUT2D eigenvalue weighted by atomic mass is 35.5. The number of carbonyl (C=O) groups excluding carboxylic acids is 2. The van der Waals surface area contributed by atoms with Gasteiger partial charge in [0.15, 0.2) is 6.61 Å². The molecule has 0 saturated carbocycles. The molecule has 0 atom stereocenters. The standard InChI is InChI=1S/C23H23ClN4O4/c1-2-31-23(30)16-5-8-20(26-14-16)27-10-12-28(13-11-27)21(29)15-32-19-7-6-18(24)17-4-3-9-25-22(17)19/h3-9,14H,2,10-13,15H2,1H3. The molecule has 1 aliphatic heterocycles. The second-order valence-corrected chi connectivity index (χ2v) is 7.63. The molecule has 1 aliphatic rings. The minimum Gasteiger partial charge on any atom is -0.481 e. The van der Waals surface area contributed by atoms with E-state index in [-0.39, 0.29) is 18.5 Å². The van der Waals surface area contributed by atoms with Gasteiger partial charge in [-0.05, 0) is 43.3 Å². The molecule has 2 aromatic heterocycles. The van der Waals surface area contributed by atoms with Crippen LogP contribution in [-0.4, -0.2) is 66.1 Å². The van der Waals surface area contributed by atoms with Crippen LogP contribution in [0.4, 0.5) is 5.82 Å². The summed E-state index contributed by atoms with van der Waals surface area (Å²) in [5, 5.41) is 1.38. The molecule has 4 rings (SSSR count). The lowest BCUT2D eigenvalue weighted by Gasteiger charge is -2.35. The van der Waals surface area contributed by atoms with Crippen molar-refractivity contribution in [2.45, 2.75) is 6.92 Å². The van der Waals surface area contributed by atoms with Gasteiger partial charge in [-0.1, -0.05) is 11.6 Å². The summed E-state index contributed by atoms with van der Waals surface area (Å²) in [6.45, 7) is 4.42. The molecular weight excluding hydrogens is 432 g/mol. The van der Waals surface area contributed by atoms with Gasteiger partial charge in [0, 0.05) is 44.0 Å². The van der Waals surface area contributed by atoms with Crippen LogP contribution in [0.15, 0.2) is 48.8 Å². The fraction of sp³-hybridized carbons (Fsp3) is 0.304. The third-order valence-corrected chi connectivity index (χ3v) is 5.58. The monoisotopic (exact) mass is 454 g/mol. The number of carbonyl (C=O) groups is 2. The quantitative estimate of drug-likeness (QED) is 0.529. The molecule has 0 N–H and O–H groups in total. The number of hydrogen-bond donors (Lipinski definition) is 0. The summed E-state index contributed by atoms with van der Waals surface area (Å²) in [7, 11) is 0. The van der Waals surface area contributed by atoms with Crippen LogP contribution in [0, 0.1) is 0 Å². The number of fused-ring (bicyclic) bond motifs is 1. The van der Waals surface area contributed by atoms with E-state index in [4.69, 9.17) is 21.1 Å². The summed E-state index contributed by atoms with van der Waals surface area (Å²) >= 11 is 6.21. The largest absolute Gasteiger partial charge is 0.481 e. The molecule has 32 heavy (non-hydrogen) atoms. The number of esters is 1. The van der Waals surface area contributed by atoms with Gasteiger partial charge in [-0.15, -0.1) is 0 Å². The Morgan fingerprint density at radius 2 is 1.88 bits per heavy atom. The van der Waals surface area contributed by atoms with Crippen molar-refractivity contribution in [2.24, 2.45) is 0 Å². The first-order valence-corrected chi connectivity index (χ1v) is 10.8. The molecule has 1 saturated heterocycles. The van der Waals surface area contributed by atoms with E-state index < -0.39 is 0 Å². The Labute approximate surface area is 190 Å². The zero-order valence-corrected chi connectivity index (χ0v) is 18.4. The number of rotatable bonds is 6. The van der Waals surface area contributed by atoms with E-state index in [1.54, 1.807) is 42.3 Å². The van der Waals surface area contributed by atoms with Crippen LogP contribution < -0.4 is 9.64 Å². The van der Waals surface area contributed by atoms with Crippen LogP contribution in [0.5, 0.6) is 5.75 Å². The van der Waals surface area contributed by atoms with Crippen molar-refractivity contribution in [3.05, 3.63) is 59.4 Å². The molecule has 3 aromatic rings. The summed E-state index contributed by atoms with van der Waals surface area (Å²) in [6.07, 6.45) is 3.18. The number of pyridine rings is 2. The minimum absolute atomic E-state index is 0.0696. The summed E-state index contributed by atoms with van der Waals surface area (Å²) < 4.78 is 10.8. The molecule has 3 heterocycles. The lowest BCUT2D eigenvalue weighted by Crippen LogP contribution is -2.50. The Bertz CT molecular complexity index is 1110. The molecule has 1 aromatic carbocycles. The topological polar surface area (TPSA) is 84.9 Å². The van der Waals surface area contributed by atoms with Crippen molar-refractivity contribution in [2.75, 3.05) is 44.3 Å². The van der Waals surface area contributed by atoms with E-state index in [0.717, 1.165) is 11.2 Å². The van der Waals surface area contributed by atoms with Crippen LogP contribution in [0.2, 0.25) is 5.02 Å². The summed E-state index contributed by atoms with van der Waals surface area (Å²) in [5.41, 5.74) is 1.06. The lowest BCUT2D eigenvalue weighted by molar-refractivity contribution is -0.133. The summed E-state index contributed by atoms with van der Waals surface area (Å²) in [6, 6.07) is 10.6. The van der Waals surface area contributed by atoms with E-state index in [1.165, 1.54) is 6.20 Å². The van der Waals surface area contributed by atoms with Gasteiger partial charge in [0.25, 0.3) is 5.91 Å². The first kappa shape index (κ1) is 21.8. The number of anilines is 1. The predicted molar refractivity (Wildman–Crippen MR) is 121 cm³/mol. The average Bonchev–Trinajstić information content (AvgIpc) is 2.84. The number of amides is 1. The Hall–Kier alpha value is -3.39. The fourth-order valence-electron chi connectivity index (χ4n) is 3.55. The lowest BCUT2D eigenvalue weighted by atomic mass is 10.2. The van der Waals surface area contributed by atoms with Gasteiger partial charge in [0.2, 0.25) is 0 Å². The number of nitrogens with zero attached hydrogens (tertiary/aromatic N) is 4. The molecule has 166 valence electrons. The van der Waals surface area contributed by atoms with Gasteiger partial charge in [-0.2, -0.15) is 0 Å². The van der Waals surface area contributed by atoms with Crippen molar-refractivity contribution in [1.29, 1.82) is 0 Å². The Balaban J connectivity index is 1.31. The normalized spacial score (nSPS) is 13.8. The first-order valence-electron chi connectivity index (χ1n) is 10.4. The second kappa shape index (κ2) is 9.82. The fourth-order valence-corrected chi connectivity index (χ4v) is 3.77. The molecular formula is C23H23ClN4O4. The highest BCUT2D eigenvalue weighted by Gasteiger charge is 2.23. The molecule has 8 nitrogen and oxygen atoms in total. The van der Waals surface area contributed by atoms with Crippen LogP contribution >= 0.6 is 11.6 Å². The van der Waals surface area contributed by atoms with Gasteiger partial charge in [-0.3, -0.25) is 9.78 Å². The van der Waals surface area contributed by atoms with E-state index >= 15 is 0 Å². The van der Waals surface area contributed by atoms with Crippen LogP contribution in [-0.2, 0) is 9.53 Å². The molecule has 0 aliphatic carbocycles. The number of ether oxygens (including phenoxy) is 2.